The number of amides is 2. The van der Waals surface area contributed by atoms with Gasteiger partial charge in [0.1, 0.15) is 11.2 Å². The molecule has 0 bridgehead atoms. The number of nitrogens with zero attached hydrogens (tertiary/aromatic N) is 3. The summed E-state index contributed by atoms with van der Waals surface area (Å²) in [6.07, 6.45) is 5.45. The second-order valence-corrected chi connectivity index (χ2v) is 11.3. The third-order valence-electron chi connectivity index (χ3n) is 8.27. The van der Waals surface area contributed by atoms with Gasteiger partial charge in [0, 0.05) is 17.3 Å². The van der Waals surface area contributed by atoms with Crippen molar-refractivity contribution in [1.29, 1.82) is 0 Å². The zero-order valence-electron chi connectivity index (χ0n) is 22.7. The molecule has 2 aromatic carbocycles. The fourth-order valence-corrected chi connectivity index (χ4v) is 5.70. The summed E-state index contributed by atoms with van der Waals surface area (Å²) >= 11 is 0. The van der Waals surface area contributed by atoms with Crippen LogP contribution in [-0.4, -0.2) is 33.2 Å². The number of carbonyl (C=O) groups is 2. The van der Waals surface area contributed by atoms with Crippen molar-refractivity contribution in [2.24, 2.45) is 0 Å². The Hall–Kier alpha value is -3.41. The molecule has 1 fully saturated rings. The van der Waals surface area contributed by atoms with Crippen molar-refractivity contribution in [3.05, 3.63) is 70.9 Å². The summed E-state index contributed by atoms with van der Waals surface area (Å²) < 4.78 is 1.73. The smallest absolute Gasteiger partial charge is 0.277 e. The maximum Gasteiger partial charge on any atom is 0.277 e. The van der Waals surface area contributed by atoms with Crippen LogP contribution in [0.5, 0.6) is 0 Å². The molecule has 6 nitrogen and oxygen atoms in total. The average molecular weight is 499 g/mol. The van der Waals surface area contributed by atoms with Gasteiger partial charge in [-0.1, -0.05) is 69.5 Å². The lowest BCUT2D eigenvalue weighted by molar-refractivity contribution is -0.127. The molecule has 0 saturated heterocycles. The molecule has 1 unspecified atom stereocenters. The number of carbonyl (C=O) groups excluding carboxylic acids is 2. The van der Waals surface area contributed by atoms with Gasteiger partial charge in [-0.15, -0.1) is 0 Å². The first-order chi connectivity index (χ1) is 17.7. The van der Waals surface area contributed by atoms with Crippen molar-refractivity contribution >= 4 is 17.5 Å². The molecule has 1 saturated carbocycles. The van der Waals surface area contributed by atoms with E-state index in [9.17, 15) is 9.59 Å². The largest absolute Gasteiger partial charge is 0.351 e. The fourth-order valence-electron chi connectivity index (χ4n) is 5.70. The molecule has 1 atom stereocenters. The summed E-state index contributed by atoms with van der Waals surface area (Å²) in [6, 6.07) is 16.3. The van der Waals surface area contributed by atoms with Crippen LogP contribution < -0.4 is 10.2 Å². The molecule has 6 heteroatoms. The molecule has 0 radical (unpaired) electrons. The van der Waals surface area contributed by atoms with Crippen molar-refractivity contribution in [2.75, 3.05) is 4.90 Å². The van der Waals surface area contributed by atoms with Crippen molar-refractivity contribution in [3.63, 3.8) is 0 Å². The fraction of sp³-hybridized carbons (Fsp3) is 0.452. The number of nitrogens with one attached hydrogen (secondary N) is 1. The summed E-state index contributed by atoms with van der Waals surface area (Å²) in [5.74, 6) is 0.136. The molecule has 1 aliphatic heterocycles. The van der Waals surface area contributed by atoms with Gasteiger partial charge in [0.15, 0.2) is 0 Å². The molecule has 0 spiro atoms. The minimum Gasteiger partial charge on any atom is -0.351 e. The number of anilines is 1. The van der Waals surface area contributed by atoms with E-state index in [1.54, 1.807) is 9.58 Å². The van der Waals surface area contributed by atoms with E-state index in [0.717, 1.165) is 53.8 Å². The van der Waals surface area contributed by atoms with Gasteiger partial charge in [0.2, 0.25) is 5.91 Å². The number of benzene rings is 2. The molecule has 2 aliphatic rings. The monoisotopic (exact) mass is 498 g/mol. The number of hydrogen-bond acceptors (Lipinski definition) is 3. The molecular formula is C31H38N4O2. The number of rotatable bonds is 5. The summed E-state index contributed by atoms with van der Waals surface area (Å²) in [6.45, 7) is 10.6. The average Bonchev–Trinajstić information content (AvgIpc) is 3.31. The summed E-state index contributed by atoms with van der Waals surface area (Å²) in [4.78, 5) is 29.8. The van der Waals surface area contributed by atoms with Gasteiger partial charge < -0.3 is 5.32 Å². The molecule has 2 amide bonds. The first-order valence-electron chi connectivity index (χ1n) is 13.6. The number of hydrogen-bond donors (Lipinski definition) is 1. The lowest BCUT2D eigenvalue weighted by atomic mass is 9.90. The minimum atomic E-state index is -1.11. The third kappa shape index (κ3) is 4.58. The summed E-state index contributed by atoms with van der Waals surface area (Å²) in [5.41, 5.74) is 5.24. The maximum atomic E-state index is 14.2. The van der Waals surface area contributed by atoms with Crippen LogP contribution in [0.2, 0.25) is 0 Å². The molecule has 1 N–H and O–H groups in total. The van der Waals surface area contributed by atoms with Crippen LogP contribution in [0.15, 0.2) is 48.5 Å². The van der Waals surface area contributed by atoms with E-state index in [4.69, 9.17) is 5.10 Å². The zero-order valence-corrected chi connectivity index (χ0v) is 22.7. The Balaban J connectivity index is 1.56. The summed E-state index contributed by atoms with van der Waals surface area (Å²) in [7, 11) is 0. The number of aromatic nitrogens is 2. The molecular weight excluding hydrogens is 460 g/mol. The van der Waals surface area contributed by atoms with Crippen LogP contribution in [0, 0.1) is 13.8 Å². The summed E-state index contributed by atoms with van der Waals surface area (Å²) in [5, 5.41) is 8.12. The highest BCUT2D eigenvalue weighted by Gasteiger charge is 2.49. The van der Waals surface area contributed by atoms with E-state index in [2.05, 4.69) is 43.4 Å². The van der Waals surface area contributed by atoms with Crippen molar-refractivity contribution < 1.29 is 9.59 Å². The molecule has 2 heterocycles. The van der Waals surface area contributed by atoms with Gasteiger partial charge in [-0.25, -0.2) is 0 Å². The van der Waals surface area contributed by atoms with Gasteiger partial charge in [-0.3, -0.25) is 19.2 Å². The standard InChI is InChI=1S/C31H38N4O2/c1-20(2)23-14-16-24(17-15-23)26-18-28-29(36)35(27-13-9-10-21(3)22(27)4)31(5,19-34(28)33-26)30(37)32-25-11-7-6-8-12-25/h9-10,13-18,20,25H,6-8,11-12,19H2,1-5H3,(H,32,37). The predicted octanol–water partition coefficient (Wildman–Crippen LogP) is 6.16. The molecule has 1 aliphatic carbocycles. The van der Waals surface area contributed by atoms with E-state index in [0.29, 0.717) is 18.2 Å². The van der Waals surface area contributed by atoms with Crippen LogP contribution >= 0.6 is 0 Å². The molecule has 1 aromatic heterocycles. The lowest BCUT2D eigenvalue weighted by Gasteiger charge is -2.44. The first kappa shape index (κ1) is 25.2. The first-order valence-corrected chi connectivity index (χ1v) is 13.6. The Morgan fingerprint density at radius 2 is 1.76 bits per heavy atom. The van der Waals surface area contributed by atoms with Crippen molar-refractivity contribution in [1.82, 2.24) is 15.1 Å². The van der Waals surface area contributed by atoms with Crippen LogP contribution in [0.25, 0.3) is 11.3 Å². The minimum absolute atomic E-state index is 0.113. The highest BCUT2D eigenvalue weighted by molar-refractivity contribution is 6.12. The van der Waals surface area contributed by atoms with Crippen molar-refractivity contribution in [3.8, 4) is 11.3 Å². The van der Waals surface area contributed by atoms with Gasteiger partial charge >= 0.3 is 0 Å². The Kier molecular flexibility index (Phi) is 6.69. The Labute approximate surface area is 220 Å². The van der Waals surface area contributed by atoms with Gasteiger partial charge in [0.25, 0.3) is 5.91 Å². The second-order valence-electron chi connectivity index (χ2n) is 11.3. The third-order valence-corrected chi connectivity index (χ3v) is 8.27. The molecule has 5 rings (SSSR count). The van der Waals surface area contributed by atoms with E-state index in [-0.39, 0.29) is 17.9 Å². The van der Waals surface area contributed by atoms with Crippen molar-refractivity contribution in [2.45, 2.75) is 90.8 Å². The van der Waals surface area contributed by atoms with E-state index in [1.165, 1.54) is 12.0 Å². The van der Waals surface area contributed by atoms with Crippen LogP contribution in [-0.2, 0) is 11.3 Å². The predicted molar refractivity (Wildman–Crippen MR) is 148 cm³/mol. The zero-order chi connectivity index (χ0) is 26.3. The molecule has 37 heavy (non-hydrogen) atoms. The highest BCUT2D eigenvalue weighted by Crippen LogP contribution is 2.37. The Morgan fingerprint density at radius 3 is 2.43 bits per heavy atom. The quantitative estimate of drug-likeness (QED) is 0.458. The van der Waals surface area contributed by atoms with E-state index >= 15 is 0 Å². The second kappa shape index (κ2) is 9.81. The van der Waals surface area contributed by atoms with E-state index < -0.39 is 5.54 Å². The topological polar surface area (TPSA) is 67.2 Å². The number of aryl methyl sites for hydroxylation is 1. The Morgan fingerprint density at radius 1 is 1.05 bits per heavy atom. The van der Waals surface area contributed by atoms with Crippen LogP contribution in [0.3, 0.4) is 0 Å². The SMILES string of the molecule is Cc1cccc(N2C(=O)c3cc(-c4ccc(C(C)C)cc4)nn3CC2(C)C(=O)NC2CCCCC2)c1C. The molecule has 194 valence electrons. The van der Waals surface area contributed by atoms with Gasteiger partial charge in [0.05, 0.1) is 12.2 Å². The van der Waals surface area contributed by atoms with E-state index in [1.807, 2.05) is 45.0 Å². The van der Waals surface area contributed by atoms with Gasteiger partial charge in [-0.2, -0.15) is 5.10 Å². The van der Waals surface area contributed by atoms with Crippen LogP contribution in [0.4, 0.5) is 5.69 Å². The maximum absolute atomic E-state index is 14.2. The normalized spacial score (nSPS) is 20.3. The Bertz CT molecular complexity index is 1320. The highest BCUT2D eigenvalue weighted by atomic mass is 16.2. The van der Waals surface area contributed by atoms with Gasteiger partial charge in [-0.05, 0) is 68.4 Å². The van der Waals surface area contributed by atoms with Crippen LogP contribution in [0.1, 0.15) is 86.0 Å². The molecule has 3 aromatic rings. The number of fused-ring (bicyclic) bond motifs is 1. The lowest BCUT2D eigenvalue weighted by Crippen LogP contribution is -2.65.